The van der Waals surface area contributed by atoms with E-state index in [-0.39, 0.29) is 11.8 Å². The molecule has 0 aliphatic heterocycles. The third-order valence-corrected chi connectivity index (χ3v) is 4.15. The van der Waals surface area contributed by atoms with Gasteiger partial charge in [-0.2, -0.15) is 5.26 Å². The summed E-state index contributed by atoms with van der Waals surface area (Å²) in [6.45, 7) is 1.85. The Morgan fingerprint density at radius 1 is 1.38 bits per heavy atom. The number of nitrogens with zero attached hydrogens (tertiary/aromatic N) is 3. The summed E-state index contributed by atoms with van der Waals surface area (Å²) < 4.78 is 16.0. The molecule has 21 heavy (non-hydrogen) atoms. The summed E-state index contributed by atoms with van der Waals surface area (Å²) in [7, 11) is 0. The number of aromatic nitrogens is 2. The Labute approximate surface area is 134 Å². The maximum absolute atomic E-state index is 13.9. The molecule has 104 valence electrons. The molecule has 0 saturated carbocycles. The van der Waals surface area contributed by atoms with Crippen molar-refractivity contribution in [2.24, 2.45) is 0 Å². The van der Waals surface area contributed by atoms with Crippen molar-refractivity contribution in [3.63, 3.8) is 0 Å². The van der Waals surface area contributed by atoms with Gasteiger partial charge in [-0.1, -0.05) is 12.1 Å². The summed E-state index contributed by atoms with van der Waals surface area (Å²) in [6.07, 6.45) is 0. The molecule has 0 amide bonds. The van der Waals surface area contributed by atoms with E-state index in [1.807, 2.05) is 41.6 Å². The number of hydrogen-bond donors (Lipinski definition) is 1. The molecule has 6 heteroatoms. The van der Waals surface area contributed by atoms with Crippen LogP contribution in [0.5, 0.6) is 0 Å². The lowest BCUT2D eigenvalue weighted by Gasteiger charge is -2.10. The topological polar surface area (TPSA) is 67.6 Å². The van der Waals surface area contributed by atoms with E-state index in [2.05, 4.69) is 11.1 Å². The van der Waals surface area contributed by atoms with Crippen LogP contribution in [0, 0.1) is 27.6 Å². The van der Waals surface area contributed by atoms with Crippen LogP contribution >= 0.6 is 22.6 Å². The van der Waals surface area contributed by atoms with Gasteiger partial charge >= 0.3 is 0 Å². The van der Waals surface area contributed by atoms with Crippen molar-refractivity contribution in [3.05, 3.63) is 50.8 Å². The van der Waals surface area contributed by atoms with Gasteiger partial charge in [0.15, 0.2) is 0 Å². The number of anilines is 1. The Kier molecular flexibility index (Phi) is 3.29. The van der Waals surface area contributed by atoms with Crippen LogP contribution in [0.15, 0.2) is 30.3 Å². The number of rotatable bonds is 1. The van der Waals surface area contributed by atoms with Gasteiger partial charge in [-0.25, -0.2) is 9.37 Å². The van der Waals surface area contributed by atoms with Crippen LogP contribution in [0.25, 0.3) is 16.7 Å². The van der Waals surface area contributed by atoms with Crippen molar-refractivity contribution in [2.45, 2.75) is 6.92 Å². The quantitative estimate of drug-likeness (QED) is 0.645. The van der Waals surface area contributed by atoms with E-state index in [4.69, 9.17) is 5.73 Å². The largest absolute Gasteiger partial charge is 0.369 e. The highest BCUT2D eigenvalue weighted by Gasteiger charge is 2.16. The number of fused-ring (bicyclic) bond motifs is 1. The summed E-state index contributed by atoms with van der Waals surface area (Å²) >= 11 is 1.91. The molecular formula is C15H10FIN4. The number of nitrogen functional groups attached to an aromatic ring is 1. The molecule has 3 rings (SSSR count). The van der Waals surface area contributed by atoms with Gasteiger partial charge in [0.05, 0.1) is 25.9 Å². The number of nitriles is 1. The standard InChI is InChI=1S/C15H10FIN4/c1-8-3-2-4-13(9(8)7-18)21-14-5-10(16)11(17)6-12(14)20-15(21)19/h2-6H,1H3,(H2,19,20). The highest BCUT2D eigenvalue weighted by molar-refractivity contribution is 14.1. The Morgan fingerprint density at radius 3 is 2.86 bits per heavy atom. The summed E-state index contributed by atoms with van der Waals surface area (Å²) in [6, 6.07) is 10.7. The van der Waals surface area contributed by atoms with Crippen molar-refractivity contribution in [1.82, 2.24) is 9.55 Å². The van der Waals surface area contributed by atoms with Crippen molar-refractivity contribution in [3.8, 4) is 11.8 Å². The van der Waals surface area contributed by atoms with Gasteiger partial charge in [-0.3, -0.25) is 4.57 Å². The Morgan fingerprint density at radius 2 is 2.14 bits per heavy atom. The molecule has 4 nitrogen and oxygen atoms in total. The zero-order valence-electron chi connectivity index (χ0n) is 11.1. The number of imidazole rings is 1. The Bertz CT molecular complexity index is 908. The molecule has 0 spiro atoms. The third kappa shape index (κ3) is 2.14. The third-order valence-electron chi connectivity index (χ3n) is 3.33. The van der Waals surface area contributed by atoms with Crippen LogP contribution in [0.1, 0.15) is 11.1 Å². The molecule has 0 aliphatic rings. The van der Waals surface area contributed by atoms with Crippen molar-refractivity contribution in [1.29, 1.82) is 5.26 Å². The molecule has 1 aromatic heterocycles. The van der Waals surface area contributed by atoms with Crippen molar-refractivity contribution in [2.75, 3.05) is 5.73 Å². The van der Waals surface area contributed by atoms with Gasteiger partial charge in [0.1, 0.15) is 11.9 Å². The molecule has 3 aromatic rings. The van der Waals surface area contributed by atoms with Gasteiger partial charge in [0.2, 0.25) is 5.95 Å². The zero-order chi connectivity index (χ0) is 15.1. The van der Waals surface area contributed by atoms with Crippen molar-refractivity contribution >= 4 is 39.6 Å². The first kappa shape index (κ1) is 13.8. The second-order valence-electron chi connectivity index (χ2n) is 4.64. The highest BCUT2D eigenvalue weighted by Crippen LogP contribution is 2.28. The van der Waals surface area contributed by atoms with Gasteiger partial charge < -0.3 is 5.73 Å². The molecular weight excluding hydrogens is 382 g/mol. The normalized spacial score (nSPS) is 10.8. The number of nitrogens with two attached hydrogens (primary N) is 1. The van der Waals surface area contributed by atoms with Gasteiger partial charge in [-0.15, -0.1) is 0 Å². The van der Waals surface area contributed by atoms with E-state index in [0.29, 0.717) is 25.9 Å². The SMILES string of the molecule is Cc1cccc(-n2c(N)nc3cc(I)c(F)cc32)c1C#N. The second kappa shape index (κ2) is 5.00. The van der Waals surface area contributed by atoms with Crippen LogP contribution in [0.3, 0.4) is 0 Å². The van der Waals surface area contributed by atoms with Crippen LogP contribution < -0.4 is 5.73 Å². The molecule has 0 unspecified atom stereocenters. The van der Waals surface area contributed by atoms with E-state index >= 15 is 0 Å². The average Bonchev–Trinajstić information content (AvgIpc) is 2.74. The van der Waals surface area contributed by atoms with E-state index in [0.717, 1.165) is 5.56 Å². The van der Waals surface area contributed by atoms with E-state index in [1.54, 1.807) is 16.7 Å². The van der Waals surface area contributed by atoms with Crippen LogP contribution in [-0.4, -0.2) is 9.55 Å². The minimum atomic E-state index is -0.338. The Balaban J connectivity index is 2.41. The lowest BCUT2D eigenvalue weighted by molar-refractivity contribution is 0.622. The number of aryl methyl sites for hydroxylation is 1. The molecule has 0 fully saturated rings. The molecule has 2 N–H and O–H groups in total. The van der Waals surface area contributed by atoms with E-state index < -0.39 is 0 Å². The first-order chi connectivity index (χ1) is 10.0. The second-order valence-corrected chi connectivity index (χ2v) is 5.80. The molecule has 2 aromatic carbocycles. The predicted octanol–water partition coefficient (Wildman–Crippen LogP) is 3.53. The molecule has 0 radical (unpaired) electrons. The van der Waals surface area contributed by atoms with Crippen LogP contribution in [0.2, 0.25) is 0 Å². The van der Waals surface area contributed by atoms with Gasteiger partial charge in [0, 0.05) is 6.07 Å². The maximum Gasteiger partial charge on any atom is 0.205 e. The predicted molar refractivity (Wildman–Crippen MR) is 87.6 cm³/mol. The molecule has 0 atom stereocenters. The first-order valence-electron chi connectivity index (χ1n) is 6.16. The zero-order valence-corrected chi connectivity index (χ0v) is 13.2. The monoisotopic (exact) mass is 392 g/mol. The Hall–Kier alpha value is -2.14. The number of hydrogen-bond acceptors (Lipinski definition) is 3. The van der Waals surface area contributed by atoms with Crippen LogP contribution in [0.4, 0.5) is 10.3 Å². The van der Waals surface area contributed by atoms with Gasteiger partial charge in [-0.05, 0) is 47.2 Å². The average molecular weight is 392 g/mol. The fraction of sp³-hybridized carbons (Fsp3) is 0.0667. The van der Waals surface area contributed by atoms with E-state index in [9.17, 15) is 9.65 Å². The van der Waals surface area contributed by atoms with Gasteiger partial charge in [0.25, 0.3) is 0 Å². The lowest BCUT2D eigenvalue weighted by Crippen LogP contribution is -2.04. The number of benzene rings is 2. The molecule has 0 saturated heterocycles. The first-order valence-corrected chi connectivity index (χ1v) is 7.24. The molecule has 0 aliphatic carbocycles. The minimum absolute atomic E-state index is 0.230. The maximum atomic E-state index is 13.9. The minimum Gasteiger partial charge on any atom is -0.369 e. The fourth-order valence-electron chi connectivity index (χ4n) is 2.33. The fourth-order valence-corrected chi connectivity index (χ4v) is 2.78. The summed E-state index contributed by atoms with van der Waals surface area (Å²) in [4.78, 5) is 4.26. The van der Waals surface area contributed by atoms with Crippen LogP contribution in [-0.2, 0) is 0 Å². The summed E-state index contributed by atoms with van der Waals surface area (Å²) in [5, 5.41) is 9.36. The molecule has 1 heterocycles. The molecule has 0 bridgehead atoms. The lowest BCUT2D eigenvalue weighted by atomic mass is 10.1. The van der Waals surface area contributed by atoms with Crippen molar-refractivity contribution < 1.29 is 4.39 Å². The smallest absolute Gasteiger partial charge is 0.205 e. The number of halogens is 2. The summed E-state index contributed by atoms with van der Waals surface area (Å²) in [5.74, 6) is -0.107. The van der Waals surface area contributed by atoms with E-state index in [1.165, 1.54) is 6.07 Å². The summed E-state index contributed by atoms with van der Waals surface area (Å²) in [5.41, 5.74) is 9.07. The highest BCUT2D eigenvalue weighted by atomic mass is 127.